The average Bonchev–Trinajstić information content (AvgIpc) is 3.14. The first-order valence-corrected chi connectivity index (χ1v) is 7.31. The van der Waals surface area contributed by atoms with Gasteiger partial charge in [-0.3, -0.25) is 0 Å². The molecule has 0 radical (unpaired) electrons. The zero-order chi connectivity index (χ0) is 16.3. The van der Waals surface area contributed by atoms with E-state index >= 15 is 0 Å². The largest absolute Gasteiger partial charge is 0.394 e. The first-order valence-electron chi connectivity index (χ1n) is 7.31. The summed E-state index contributed by atoms with van der Waals surface area (Å²) in [6.07, 6.45) is -5.36. The lowest BCUT2D eigenvalue weighted by Crippen LogP contribution is -2.19. The van der Waals surface area contributed by atoms with Gasteiger partial charge in [-0.25, -0.2) is 4.68 Å². The molecule has 1 aliphatic rings. The second-order valence-electron chi connectivity index (χ2n) is 5.23. The zero-order valence-corrected chi connectivity index (χ0v) is 12.3. The monoisotopic (exact) mass is 327 g/mol. The molecule has 0 N–H and O–H groups in total. The van der Waals surface area contributed by atoms with Crippen LogP contribution >= 0.6 is 0 Å². The van der Waals surface area contributed by atoms with Gasteiger partial charge in [0.05, 0.1) is 25.3 Å². The van der Waals surface area contributed by atoms with E-state index in [-0.39, 0.29) is 17.9 Å². The van der Waals surface area contributed by atoms with Gasteiger partial charge < -0.3 is 9.47 Å². The van der Waals surface area contributed by atoms with Crippen LogP contribution in [-0.2, 0) is 22.4 Å². The molecular weight excluding hydrogens is 311 g/mol. The van der Waals surface area contributed by atoms with Crippen molar-refractivity contribution in [3.63, 3.8) is 0 Å². The van der Waals surface area contributed by atoms with Crippen molar-refractivity contribution < 1.29 is 22.6 Å². The molecule has 0 bridgehead atoms. The predicted molar refractivity (Wildman–Crippen MR) is 75.5 cm³/mol. The third-order valence-corrected chi connectivity index (χ3v) is 3.52. The first-order chi connectivity index (χ1) is 11.0. The maximum Gasteiger partial charge on any atom is 0.394 e. The lowest BCUT2D eigenvalue weighted by molar-refractivity contribution is -0.128. The fourth-order valence-electron chi connectivity index (χ4n) is 2.50. The Morgan fingerprint density at radius 1 is 1.13 bits per heavy atom. The van der Waals surface area contributed by atoms with Crippen molar-refractivity contribution >= 4 is 0 Å². The minimum absolute atomic E-state index is 0.0571. The highest BCUT2D eigenvalue weighted by Crippen LogP contribution is 2.28. The standard InChI is InChI=1S/C15H16F3N3O2/c16-15(17,18)10-12-14(11-4-2-1-3-5-11)19-20-21(12)7-6-13-22-8-9-23-13/h1-5,13H,6-10H2. The predicted octanol–water partition coefficient (Wildman–Crippen LogP) is 2.81. The number of hydrogen-bond donors (Lipinski definition) is 0. The number of halogens is 3. The molecular formula is C15H16F3N3O2. The minimum Gasteiger partial charge on any atom is -0.350 e. The van der Waals surface area contributed by atoms with Gasteiger partial charge in [0, 0.05) is 18.5 Å². The number of nitrogens with zero attached hydrogens (tertiary/aromatic N) is 3. The number of ether oxygens (including phenoxy) is 2. The van der Waals surface area contributed by atoms with Crippen molar-refractivity contribution in [3.05, 3.63) is 36.0 Å². The second-order valence-corrected chi connectivity index (χ2v) is 5.23. The molecule has 8 heteroatoms. The molecule has 0 amide bonds. The molecule has 1 aromatic carbocycles. The normalized spacial score (nSPS) is 16.1. The van der Waals surface area contributed by atoms with Crippen molar-refractivity contribution in [1.29, 1.82) is 0 Å². The number of aryl methyl sites for hydroxylation is 1. The second kappa shape index (κ2) is 6.67. The van der Waals surface area contributed by atoms with Crippen LogP contribution < -0.4 is 0 Å². The Morgan fingerprint density at radius 3 is 2.48 bits per heavy atom. The van der Waals surface area contributed by atoms with E-state index in [2.05, 4.69) is 10.3 Å². The third kappa shape index (κ3) is 4.08. The molecule has 3 rings (SSSR count). The van der Waals surface area contributed by atoms with Crippen LogP contribution in [0.3, 0.4) is 0 Å². The molecule has 23 heavy (non-hydrogen) atoms. The number of rotatable bonds is 5. The summed E-state index contributed by atoms with van der Waals surface area (Å²) in [7, 11) is 0. The van der Waals surface area contributed by atoms with E-state index in [1.165, 1.54) is 4.68 Å². The molecule has 1 fully saturated rings. The summed E-state index contributed by atoms with van der Waals surface area (Å²) in [5.41, 5.74) is 0.934. The van der Waals surface area contributed by atoms with Crippen LogP contribution in [0.25, 0.3) is 11.3 Å². The molecule has 0 aliphatic carbocycles. The van der Waals surface area contributed by atoms with E-state index in [1.54, 1.807) is 30.3 Å². The van der Waals surface area contributed by atoms with Gasteiger partial charge >= 0.3 is 6.18 Å². The Bertz CT molecular complexity index is 637. The molecule has 0 atom stereocenters. The van der Waals surface area contributed by atoms with Crippen molar-refractivity contribution in [2.24, 2.45) is 0 Å². The summed E-state index contributed by atoms with van der Waals surface area (Å²) in [5.74, 6) is 0. The molecule has 1 aliphatic heterocycles. The van der Waals surface area contributed by atoms with E-state index in [0.29, 0.717) is 25.2 Å². The van der Waals surface area contributed by atoms with Crippen LogP contribution in [0.5, 0.6) is 0 Å². The molecule has 5 nitrogen and oxygen atoms in total. The van der Waals surface area contributed by atoms with E-state index in [1.807, 2.05) is 0 Å². The van der Waals surface area contributed by atoms with Crippen LogP contribution in [0, 0.1) is 0 Å². The van der Waals surface area contributed by atoms with Gasteiger partial charge in [-0.2, -0.15) is 13.2 Å². The number of aromatic nitrogens is 3. The molecule has 1 saturated heterocycles. The zero-order valence-electron chi connectivity index (χ0n) is 12.3. The summed E-state index contributed by atoms with van der Waals surface area (Å²) in [5, 5.41) is 7.84. The molecule has 0 spiro atoms. The molecule has 2 aromatic rings. The first kappa shape index (κ1) is 15.9. The van der Waals surface area contributed by atoms with Crippen molar-refractivity contribution in [3.8, 4) is 11.3 Å². The Balaban J connectivity index is 1.84. The summed E-state index contributed by atoms with van der Waals surface area (Å²) < 4.78 is 50.6. The van der Waals surface area contributed by atoms with E-state index < -0.39 is 18.9 Å². The van der Waals surface area contributed by atoms with Crippen molar-refractivity contribution in [1.82, 2.24) is 15.0 Å². The molecule has 0 unspecified atom stereocenters. The summed E-state index contributed by atoms with van der Waals surface area (Å²) in [6.45, 7) is 1.27. The highest BCUT2D eigenvalue weighted by molar-refractivity contribution is 5.61. The quantitative estimate of drug-likeness (QED) is 0.847. The van der Waals surface area contributed by atoms with E-state index in [4.69, 9.17) is 9.47 Å². The smallest absolute Gasteiger partial charge is 0.350 e. The maximum atomic E-state index is 12.9. The van der Waals surface area contributed by atoms with Crippen LogP contribution in [0.4, 0.5) is 13.2 Å². The number of benzene rings is 1. The van der Waals surface area contributed by atoms with E-state index in [9.17, 15) is 13.2 Å². The van der Waals surface area contributed by atoms with Crippen molar-refractivity contribution in [2.45, 2.75) is 31.9 Å². The van der Waals surface area contributed by atoms with Crippen LogP contribution in [-0.4, -0.2) is 40.7 Å². The fourth-order valence-corrected chi connectivity index (χ4v) is 2.50. The topological polar surface area (TPSA) is 49.2 Å². The third-order valence-electron chi connectivity index (χ3n) is 3.52. The maximum absolute atomic E-state index is 12.9. The summed E-state index contributed by atoms with van der Waals surface area (Å²) >= 11 is 0. The van der Waals surface area contributed by atoms with Gasteiger partial charge in [0.25, 0.3) is 0 Å². The summed E-state index contributed by atoms with van der Waals surface area (Å²) in [4.78, 5) is 0. The van der Waals surface area contributed by atoms with Gasteiger partial charge in [-0.15, -0.1) is 5.10 Å². The van der Waals surface area contributed by atoms with Gasteiger partial charge in [0.1, 0.15) is 5.69 Å². The van der Waals surface area contributed by atoms with Crippen LogP contribution in [0.1, 0.15) is 12.1 Å². The fraction of sp³-hybridized carbons (Fsp3) is 0.467. The molecule has 124 valence electrons. The molecule has 0 saturated carbocycles. The Kier molecular flexibility index (Phi) is 4.63. The highest BCUT2D eigenvalue weighted by atomic mass is 19.4. The van der Waals surface area contributed by atoms with Crippen molar-refractivity contribution in [2.75, 3.05) is 13.2 Å². The summed E-state index contributed by atoms with van der Waals surface area (Å²) in [6, 6.07) is 8.75. The molecule has 2 heterocycles. The lowest BCUT2D eigenvalue weighted by Gasteiger charge is -2.12. The van der Waals surface area contributed by atoms with E-state index in [0.717, 1.165) is 0 Å². The minimum atomic E-state index is -4.33. The van der Waals surface area contributed by atoms with Gasteiger partial charge in [0.2, 0.25) is 0 Å². The van der Waals surface area contributed by atoms with Gasteiger partial charge in [0.15, 0.2) is 6.29 Å². The average molecular weight is 327 g/mol. The van der Waals surface area contributed by atoms with Crippen LogP contribution in [0.2, 0.25) is 0 Å². The lowest BCUT2D eigenvalue weighted by atomic mass is 10.1. The van der Waals surface area contributed by atoms with Gasteiger partial charge in [-0.1, -0.05) is 35.5 Å². The Hall–Kier alpha value is -1.93. The Morgan fingerprint density at radius 2 is 1.83 bits per heavy atom. The Labute approximate surface area is 131 Å². The number of alkyl halides is 3. The van der Waals surface area contributed by atoms with Crippen LogP contribution in [0.15, 0.2) is 30.3 Å². The van der Waals surface area contributed by atoms with Gasteiger partial charge in [-0.05, 0) is 0 Å². The SMILES string of the molecule is FC(F)(F)Cc1c(-c2ccccc2)nnn1CCC1OCCO1. The highest BCUT2D eigenvalue weighted by Gasteiger charge is 2.32. The molecule has 1 aromatic heterocycles. The number of hydrogen-bond acceptors (Lipinski definition) is 4.